The van der Waals surface area contributed by atoms with E-state index >= 15 is 0 Å². The summed E-state index contributed by atoms with van der Waals surface area (Å²) in [4.78, 5) is 27.3. The lowest BCUT2D eigenvalue weighted by Gasteiger charge is -2.33. The molecule has 1 amide bonds. The van der Waals surface area contributed by atoms with Crippen molar-refractivity contribution in [2.75, 3.05) is 20.3 Å². The van der Waals surface area contributed by atoms with Crippen LogP contribution < -0.4 is 4.74 Å². The van der Waals surface area contributed by atoms with Crippen LogP contribution in [-0.4, -0.2) is 43.1 Å². The molecule has 1 aliphatic rings. The molecule has 0 spiro atoms. The van der Waals surface area contributed by atoms with Gasteiger partial charge in [0.15, 0.2) is 6.61 Å². The van der Waals surface area contributed by atoms with Gasteiger partial charge in [0.1, 0.15) is 5.75 Å². The van der Waals surface area contributed by atoms with Gasteiger partial charge >= 0.3 is 5.97 Å². The van der Waals surface area contributed by atoms with Crippen LogP contribution in [0.25, 0.3) is 11.6 Å². The van der Waals surface area contributed by atoms with E-state index in [2.05, 4.69) is 0 Å². The van der Waals surface area contributed by atoms with E-state index in [0.29, 0.717) is 11.3 Å². The molecule has 1 saturated heterocycles. The van der Waals surface area contributed by atoms with Crippen molar-refractivity contribution in [1.82, 2.24) is 4.90 Å². The molecule has 152 valence electrons. The maximum atomic E-state index is 12.9. The van der Waals surface area contributed by atoms with Crippen molar-refractivity contribution >= 4 is 23.5 Å². The van der Waals surface area contributed by atoms with Gasteiger partial charge in [-0.25, -0.2) is 4.79 Å². The van der Waals surface area contributed by atoms with Crippen LogP contribution in [0, 0.1) is 0 Å². The van der Waals surface area contributed by atoms with Gasteiger partial charge in [-0.3, -0.25) is 4.79 Å². The molecular weight excluding hydrogens is 366 g/mol. The zero-order valence-electron chi connectivity index (χ0n) is 17.0. The van der Waals surface area contributed by atoms with Crippen LogP contribution in [0.4, 0.5) is 0 Å². The Balaban J connectivity index is 1.80. The first-order valence-corrected chi connectivity index (χ1v) is 9.97. The van der Waals surface area contributed by atoms with Gasteiger partial charge in [0.2, 0.25) is 0 Å². The number of esters is 1. The highest BCUT2D eigenvalue weighted by atomic mass is 16.5. The number of methoxy groups -OCH3 is 1. The van der Waals surface area contributed by atoms with Gasteiger partial charge in [-0.1, -0.05) is 48.5 Å². The second kappa shape index (κ2) is 9.92. The molecule has 0 aliphatic carbocycles. The fourth-order valence-electron chi connectivity index (χ4n) is 3.58. The third-order valence-electron chi connectivity index (χ3n) is 5.19. The van der Waals surface area contributed by atoms with Crippen LogP contribution in [0.15, 0.2) is 54.6 Å². The Bertz CT molecular complexity index is 875. The highest BCUT2D eigenvalue weighted by Gasteiger charge is 2.24. The molecule has 0 unspecified atom stereocenters. The minimum Gasteiger partial charge on any atom is -0.496 e. The first kappa shape index (κ1) is 20.6. The third kappa shape index (κ3) is 5.25. The van der Waals surface area contributed by atoms with Crippen LogP contribution in [0.1, 0.15) is 37.3 Å². The monoisotopic (exact) mass is 393 g/mol. The summed E-state index contributed by atoms with van der Waals surface area (Å²) >= 11 is 0. The first-order chi connectivity index (χ1) is 14.1. The predicted molar refractivity (Wildman–Crippen MR) is 113 cm³/mol. The maximum absolute atomic E-state index is 12.9. The predicted octanol–water partition coefficient (Wildman–Crippen LogP) is 4.18. The van der Waals surface area contributed by atoms with Crippen LogP contribution in [-0.2, 0) is 14.3 Å². The van der Waals surface area contributed by atoms with Gasteiger partial charge in [-0.05, 0) is 43.9 Å². The van der Waals surface area contributed by atoms with Gasteiger partial charge in [0.05, 0.1) is 12.7 Å². The number of carbonyl (C=O) groups is 2. The average molecular weight is 393 g/mol. The lowest BCUT2D eigenvalue weighted by atomic mass is 10.0. The normalized spacial score (nSPS) is 17.0. The molecule has 1 heterocycles. The summed E-state index contributed by atoms with van der Waals surface area (Å²) in [5.74, 6) is -0.0117. The molecule has 2 aromatic rings. The molecule has 0 bridgehead atoms. The lowest BCUT2D eigenvalue weighted by Crippen LogP contribution is -2.44. The fraction of sp³-hybridized carbons (Fsp3) is 0.333. The largest absolute Gasteiger partial charge is 0.496 e. The number of benzene rings is 2. The van der Waals surface area contributed by atoms with E-state index in [9.17, 15) is 9.59 Å². The number of nitrogens with zero attached hydrogens (tertiary/aromatic N) is 1. The number of amides is 1. The molecular formula is C24H27NO4. The van der Waals surface area contributed by atoms with Crippen molar-refractivity contribution in [3.8, 4) is 5.75 Å². The van der Waals surface area contributed by atoms with Crippen molar-refractivity contribution in [1.29, 1.82) is 0 Å². The standard InChI is InChI=1S/C24H27NO4/c1-18-10-8-9-15-25(18)23(26)17-29-24(27)21(19-11-4-3-5-12-19)16-20-13-6-7-14-22(20)28-2/h3-7,11-14,16,18H,8-10,15,17H2,1-2H3/b21-16+/t18-/m0/s1. The van der Waals surface area contributed by atoms with Gasteiger partial charge in [-0.15, -0.1) is 0 Å². The summed E-state index contributed by atoms with van der Waals surface area (Å²) < 4.78 is 10.8. The average Bonchev–Trinajstić information content (AvgIpc) is 2.76. The Morgan fingerprint density at radius 1 is 1.07 bits per heavy atom. The second-order valence-corrected chi connectivity index (χ2v) is 7.17. The zero-order chi connectivity index (χ0) is 20.6. The Hall–Kier alpha value is -3.08. The maximum Gasteiger partial charge on any atom is 0.339 e. The summed E-state index contributed by atoms with van der Waals surface area (Å²) in [5.41, 5.74) is 1.87. The highest BCUT2D eigenvalue weighted by molar-refractivity contribution is 6.22. The van der Waals surface area contributed by atoms with Crippen molar-refractivity contribution in [3.63, 3.8) is 0 Å². The fourth-order valence-corrected chi connectivity index (χ4v) is 3.58. The molecule has 1 atom stereocenters. The van der Waals surface area contributed by atoms with Gasteiger partial charge in [0, 0.05) is 18.2 Å². The molecule has 0 N–H and O–H groups in total. The quantitative estimate of drug-likeness (QED) is 0.420. The number of piperidine rings is 1. The molecule has 1 fully saturated rings. The summed E-state index contributed by atoms with van der Waals surface area (Å²) in [6.45, 7) is 2.51. The minimum absolute atomic E-state index is 0.143. The Labute approximate surface area is 171 Å². The van der Waals surface area contributed by atoms with Crippen molar-refractivity contribution in [2.45, 2.75) is 32.2 Å². The molecule has 0 radical (unpaired) electrons. The topological polar surface area (TPSA) is 55.8 Å². The summed E-state index contributed by atoms with van der Waals surface area (Å²) in [6.07, 6.45) is 4.85. The number of hydrogen-bond acceptors (Lipinski definition) is 4. The number of para-hydroxylation sites is 1. The van der Waals surface area contributed by atoms with E-state index in [4.69, 9.17) is 9.47 Å². The molecule has 3 rings (SSSR count). The zero-order valence-corrected chi connectivity index (χ0v) is 17.0. The van der Waals surface area contributed by atoms with E-state index in [1.165, 1.54) is 0 Å². The second-order valence-electron chi connectivity index (χ2n) is 7.17. The Morgan fingerprint density at radius 3 is 2.52 bits per heavy atom. The smallest absolute Gasteiger partial charge is 0.339 e. The molecule has 5 nitrogen and oxygen atoms in total. The molecule has 29 heavy (non-hydrogen) atoms. The third-order valence-corrected chi connectivity index (χ3v) is 5.19. The van der Waals surface area contributed by atoms with Gasteiger partial charge in [0.25, 0.3) is 5.91 Å². The van der Waals surface area contributed by atoms with Crippen molar-refractivity contribution < 1.29 is 19.1 Å². The molecule has 1 aliphatic heterocycles. The van der Waals surface area contributed by atoms with E-state index in [-0.39, 0.29) is 18.6 Å². The molecule has 0 saturated carbocycles. The summed E-state index contributed by atoms with van der Waals surface area (Å²) in [7, 11) is 1.59. The highest BCUT2D eigenvalue weighted by Crippen LogP contribution is 2.25. The van der Waals surface area contributed by atoms with Crippen molar-refractivity contribution in [3.05, 3.63) is 65.7 Å². The van der Waals surface area contributed by atoms with Crippen LogP contribution in [0.2, 0.25) is 0 Å². The summed E-state index contributed by atoms with van der Waals surface area (Å²) in [6, 6.07) is 16.9. The van der Waals surface area contributed by atoms with Crippen LogP contribution >= 0.6 is 0 Å². The number of hydrogen-bond donors (Lipinski definition) is 0. The molecule has 2 aromatic carbocycles. The molecule has 5 heteroatoms. The first-order valence-electron chi connectivity index (χ1n) is 9.97. The molecule has 0 aromatic heterocycles. The number of ether oxygens (including phenoxy) is 2. The van der Waals surface area contributed by atoms with E-state index in [1.54, 1.807) is 13.2 Å². The van der Waals surface area contributed by atoms with E-state index in [0.717, 1.165) is 36.9 Å². The van der Waals surface area contributed by atoms with E-state index < -0.39 is 5.97 Å². The van der Waals surface area contributed by atoms with Crippen LogP contribution in [0.5, 0.6) is 5.75 Å². The summed E-state index contributed by atoms with van der Waals surface area (Å²) in [5, 5.41) is 0. The van der Waals surface area contributed by atoms with Gasteiger partial charge < -0.3 is 14.4 Å². The Kier molecular flexibility index (Phi) is 7.06. The Morgan fingerprint density at radius 2 is 1.79 bits per heavy atom. The van der Waals surface area contributed by atoms with Gasteiger partial charge in [-0.2, -0.15) is 0 Å². The van der Waals surface area contributed by atoms with Crippen LogP contribution in [0.3, 0.4) is 0 Å². The minimum atomic E-state index is -0.528. The van der Waals surface area contributed by atoms with E-state index in [1.807, 2.05) is 66.4 Å². The van der Waals surface area contributed by atoms with Crippen molar-refractivity contribution in [2.24, 2.45) is 0 Å². The SMILES string of the molecule is COc1ccccc1/C=C(/C(=O)OCC(=O)N1CCCC[C@@H]1C)c1ccccc1. The number of rotatable bonds is 6. The lowest BCUT2D eigenvalue weighted by molar-refractivity contribution is -0.149. The number of likely N-dealkylation sites (tertiary alicyclic amines) is 1. The number of carbonyl (C=O) groups excluding carboxylic acids is 2.